The normalized spacial score (nSPS) is 15.7. The van der Waals surface area contributed by atoms with Gasteiger partial charge in [0.25, 0.3) is 11.8 Å². The number of nitrogens with one attached hydrogen (secondary N) is 1. The van der Waals surface area contributed by atoms with Gasteiger partial charge in [0, 0.05) is 13.3 Å². The van der Waals surface area contributed by atoms with Gasteiger partial charge < -0.3 is 15.8 Å². The molecule has 0 fully saturated rings. The Bertz CT molecular complexity index is 1040. The van der Waals surface area contributed by atoms with Crippen LogP contribution in [0.25, 0.3) is 5.65 Å². The lowest BCUT2D eigenvalue weighted by atomic mass is 10.1. The Morgan fingerprint density at radius 3 is 2.93 bits per heavy atom. The van der Waals surface area contributed by atoms with E-state index in [-0.39, 0.29) is 35.5 Å². The summed E-state index contributed by atoms with van der Waals surface area (Å²) in [6.45, 7) is 0.0959. The van der Waals surface area contributed by atoms with Gasteiger partial charge in [0.15, 0.2) is 5.65 Å². The molecule has 0 radical (unpaired) electrons. The number of nitrogens with two attached hydrogens (primary N) is 1. The first-order valence-electron chi connectivity index (χ1n) is 8.64. The van der Waals surface area contributed by atoms with Crippen LogP contribution in [0.5, 0.6) is 0 Å². The van der Waals surface area contributed by atoms with Gasteiger partial charge in [-0.3, -0.25) is 9.59 Å². The lowest BCUT2D eigenvalue weighted by Gasteiger charge is -2.14. The molecule has 1 aliphatic rings. The van der Waals surface area contributed by atoms with Gasteiger partial charge in [-0.1, -0.05) is 24.3 Å². The Morgan fingerprint density at radius 1 is 1.33 bits per heavy atom. The molecule has 8 nitrogen and oxygen atoms in total. The van der Waals surface area contributed by atoms with Crippen molar-refractivity contribution >= 4 is 17.5 Å². The fourth-order valence-corrected chi connectivity index (χ4v) is 3.59. The minimum absolute atomic E-state index is 0.0541. The van der Waals surface area contributed by atoms with Crippen LogP contribution in [0.2, 0.25) is 0 Å². The van der Waals surface area contributed by atoms with Crippen LogP contribution in [0, 0.1) is 0 Å². The van der Waals surface area contributed by atoms with Crippen molar-refractivity contribution in [2.75, 3.05) is 7.11 Å². The Morgan fingerprint density at radius 2 is 2.15 bits per heavy atom. The molecule has 0 bridgehead atoms. The number of aryl methyl sites for hydroxylation is 1. The molecule has 0 unspecified atom stereocenters. The molecule has 8 heteroatoms. The maximum absolute atomic E-state index is 12.9. The van der Waals surface area contributed by atoms with Crippen molar-refractivity contribution in [1.82, 2.24) is 19.9 Å². The fraction of sp³-hybridized carbons (Fsp3) is 0.263. The van der Waals surface area contributed by atoms with E-state index in [1.54, 1.807) is 6.07 Å². The molecule has 0 saturated carbocycles. The first-order valence-corrected chi connectivity index (χ1v) is 8.64. The predicted molar refractivity (Wildman–Crippen MR) is 97.2 cm³/mol. The summed E-state index contributed by atoms with van der Waals surface area (Å²) in [6.07, 6.45) is 3.25. The molecule has 2 amide bonds. The van der Waals surface area contributed by atoms with Crippen LogP contribution >= 0.6 is 0 Å². The van der Waals surface area contributed by atoms with Crippen molar-refractivity contribution in [3.8, 4) is 0 Å². The highest BCUT2D eigenvalue weighted by molar-refractivity contribution is 6.01. The van der Waals surface area contributed by atoms with Crippen molar-refractivity contribution in [2.24, 2.45) is 5.73 Å². The zero-order valence-corrected chi connectivity index (χ0v) is 14.8. The van der Waals surface area contributed by atoms with E-state index in [0.29, 0.717) is 5.69 Å². The Hall–Kier alpha value is -3.26. The van der Waals surface area contributed by atoms with E-state index in [2.05, 4.69) is 21.5 Å². The average Bonchev–Trinajstić information content (AvgIpc) is 3.23. The van der Waals surface area contributed by atoms with Gasteiger partial charge in [-0.25, -0.2) is 9.50 Å². The minimum Gasteiger partial charge on any atom is -0.378 e. The molecule has 4 rings (SSSR count). The Kier molecular flexibility index (Phi) is 4.33. The lowest BCUT2D eigenvalue weighted by Crippen LogP contribution is -2.29. The maximum atomic E-state index is 12.9. The molecule has 2 aromatic heterocycles. The van der Waals surface area contributed by atoms with Crippen LogP contribution in [0.4, 0.5) is 0 Å². The molecule has 0 aliphatic heterocycles. The molecule has 27 heavy (non-hydrogen) atoms. The van der Waals surface area contributed by atoms with Gasteiger partial charge in [0.05, 0.1) is 12.6 Å². The quantitative estimate of drug-likeness (QED) is 0.710. The first kappa shape index (κ1) is 17.2. The number of nitrogens with zero attached hydrogens (tertiary/aromatic N) is 3. The van der Waals surface area contributed by atoms with E-state index in [0.717, 1.165) is 18.4 Å². The van der Waals surface area contributed by atoms with Crippen molar-refractivity contribution in [3.63, 3.8) is 0 Å². The van der Waals surface area contributed by atoms with E-state index in [1.165, 1.54) is 23.4 Å². The number of methoxy groups -OCH3 is 1. The number of carbonyl (C=O) groups excluding carboxylic acids is 2. The third-order valence-electron chi connectivity index (χ3n) is 4.79. The lowest BCUT2D eigenvalue weighted by molar-refractivity contribution is 0.0927. The van der Waals surface area contributed by atoms with Crippen LogP contribution in [0.3, 0.4) is 0 Å². The predicted octanol–water partition coefficient (Wildman–Crippen LogP) is 1.39. The molecule has 3 N–H and O–H groups in total. The van der Waals surface area contributed by atoms with E-state index < -0.39 is 5.91 Å². The van der Waals surface area contributed by atoms with Crippen molar-refractivity contribution in [3.05, 3.63) is 64.6 Å². The number of ether oxygens (including phenoxy) is 1. The first-order chi connectivity index (χ1) is 13.1. The third-order valence-corrected chi connectivity index (χ3v) is 4.79. The van der Waals surface area contributed by atoms with Crippen LogP contribution in [0.1, 0.15) is 50.1 Å². The summed E-state index contributed by atoms with van der Waals surface area (Å²) in [6, 6.07) is 9.60. The second-order valence-corrected chi connectivity index (χ2v) is 6.45. The average molecular weight is 365 g/mol. The van der Waals surface area contributed by atoms with Gasteiger partial charge in [-0.2, -0.15) is 5.10 Å². The zero-order valence-electron chi connectivity index (χ0n) is 14.8. The second-order valence-electron chi connectivity index (χ2n) is 6.45. The highest BCUT2D eigenvalue weighted by atomic mass is 16.5. The molecular formula is C19H19N5O3. The fourth-order valence-electron chi connectivity index (χ4n) is 3.59. The van der Waals surface area contributed by atoms with Crippen LogP contribution in [0.15, 0.2) is 36.5 Å². The highest BCUT2D eigenvalue weighted by Gasteiger charge is 2.26. The zero-order chi connectivity index (χ0) is 19.0. The summed E-state index contributed by atoms with van der Waals surface area (Å²) in [7, 11) is 1.49. The summed E-state index contributed by atoms with van der Waals surface area (Å²) >= 11 is 0. The van der Waals surface area contributed by atoms with Gasteiger partial charge in [0.2, 0.25) is 0 Å². The number of hydrogen-bond donors (Lipinski definition) is 2. The number of carbonyl (C=O) groups is 2. The molecule has 0 saturated heterocycles. The Balaban J connectivity index is 1.71. The van der Waals surface area contributed by atoms with E-state index in [1.807, 2.05) is 18.2 Å². The second kappa shape index (κ2) is 6.81. The van der Waals surface area contributed by atoms with Crippen LogP contribution < -0.4 is 11.1 Å². The molecular weight excluding hydrogens is 346 g/mol. The summed E-state index contributed by atoms with van der Waals surface area (Å²) in [5.74, 6) is -0.946. The maximum Gasteiger partial charge on any atom is 0.270 e. The highest BCUT2D eigenvalue weighted by Crippen LogP contribution is 2.31. The number of benzene rings is 1. The Labute approximate surface area is 155 Å². The van der Waals surface area contributed by atoms with E-state index in [9.17, 15) is 9.59 Å². The number of fused-ring (bicyclic) bond motifs is 2. The molecule has 1 aromatic carbocycles. The molecule has 1 atom stereocenters. The topological polar surface area (TPSA) is 112 Å². The van der Waals surface area contributed by atoms with Gasteiger partial charge >= 0.3 is 0 Å². The van der Waals surface area contributed by atoms with E-state index in [4.69, 9.17) is 10.5 Å². The SMILES string of the molecule is COCc1nn2c(C(=O)N[C@H]3CCc4ccccc43)ccnc2c1C(N)=O. The molecule has 138 valence electrons. The standard InChI is InChI=1S/C19H19N5O3/c1-27-10-14-16(17(20)25)18-21-9-8-15(24(18)23-14)19(26)22-13-7-6-11-4-2-3-5-12(11)13/h2-5,8-9,13H,6-7,10H2,1H3,(H2,20,25)(H,22,26)/t13-/m0/s1. The number of hydrogen-bond acceptors (Lipinski definition) is 5. The van der Waals surface area contributed by atoms with Crippen LogP contribution in [-0.4, -0.2) is 33.5 Å². The molecule has 3 aromatic rings. The molecule has 0 spiro atoms. The van der Waals surface area contributed by atoms with Gasteiger partial charge in [0.1, 0.15) is 17.0 Å². The number of aromatic nitrogens is 3. The van der Waals surface area contributed by atoms with Crippen molar-refractivity contribution in [1.29, 1.82) is 0 Å². The monoisotopic (exact) mass is 365 g/mol. The van der Waals surface area contributed by atoms with Gasteiger partial charge in [-0.05, 0) is 30.0 Å². The number of primary amides is 1. The van der Waals surface area contributed by atoms with Crippen LogP contribution in [-0.2, 0) is 17.8 Å². The van der Waals surface area contributed by atoms with Crippen molar-refractivity contribution in [2.45, 2.75) is 25.5 Å². The number of amides is 2. The largest absolute Gasteiger partial charge is 0.378 e. The van der Waals surface area contributed by atoms with E-state index >= 15 is 0 Å². The summed E-state index contributed by atoms with van der Waals surface area (Å²) < 4.78 is 6.44. The molecule has 1 aliphatic carbocycles. The minimum atomic E-state index is -0.660. The summed E-state index contributed by atoms with van der Waals surface area (Å²) in [5, 5.41) is 7.39. The van der Waals surface area contributed by atoms with Crippen molar-refractivity contribution < 1.29 is 14.3 Å². The van der Waals surface area contributed by atoms with Gasteiger partial charge in [-0.15, -0.1) is 0 Å². The molecule has 2 heterocycles. The number of rotatable bonds is 5. The summed E-state index contributed by atoms with van der Waals surface area (Å²) in [4.78, 5) is 28.9. The smallest absolute Gasteiger partial charge is 0.270 e. The summed E-state index contributed by atoms with van der Waals surface area (Å²) in [5.41, 5.74) is 8.91. The third kappa shape index (κ3) is 2.93.